The highest BCUT2D eigenvalue weighted by molar-refractivity contribution is 6.31. The summed E-state index contributed by atoms with van der Waals surface area (Å²) in [5.41, 5.74) is 7.09. The van der Waals surface area contributed by atoms with Crippen LogP contribution in [0.5, 0.6) is 0 Å². The second kappa shape index (κ2) is 5.96. The van der Waals surface area contributed by atoms with Gasteiger partial charge in [-0.3, -0.25) is 0 Å². The van der Waals surface area contributed by atoms with E-state index >= 15 is 0 Å². The van der Waals surface area contributed by atoms with Crippen LogP contribution in [0.1, 0.15) is 36.7 Å². The average molecular weight is 293 g/mol. The van der Waals surface area contributed by atoms with E-state index in [-0.39, 0.29) is 5.84 Å². The van der Waals surface area contributed by atoms with Crippen molar-refractivity contribution in [1.29, 1.82) is 0 Å². The highest BCUT2D eigenvalue weighted by Crippen LogP contribution is 2.21. The minimum atomic E-state index is 0.0453. The predicted octanol–water partition coefficient (Wildman–Crippen LogP) is 2.80. The maximum absolute atomic E-state index is 8.66. The Morgan fingerprint density at radius 1 is 1.50 bits per heavy atom. The Morgan fingerprint density at radius 3 is 2.85 bits per heavy atom. The zero-order valence-electron chi connectivity index (χ0n) is 11.4. The highest BCUT2D eigenvalue weighted by Gasteiger charge is 2.10. The first-order chi connectivity index (χ1) is 9.52. The summed E-state index contributed by atoms with van der Waals surface area (Å²) in [6.45, 7) is 4.84. The molecule has 1 aromatic heterocycles. The number of halogens is 1. The van der Waals surface area contributed by atoms with Crippen molar-refractivity contribution in [1.82, 2.24) is 9.55 Å². The number of imidazole rings is 1. The fraction of sp³-hybridized carbons (Fsp3) is 0.286. The molecule has 0 radical (unpaired) electrons. The summed E-state index contributed by atoms with van der Waals surface area (Å²) in [7, 11) is 0. The van der Waals surface area contributed by atoms with Crippen molar-refractivity contribution in [3.05, 3.63) is 52.6 Å². The Labute approximate surface area is 122 Å². The first-order valence-electron chi connectivity index (χ1n) is 6.30. The Morgan fingerprint density at radius 2 is 2.25 bits per heavy atom. The molecule has 0 aliphatic rings. The summed E-state index contributed by atoms with van der Waals surface area (Å²) in [6, 6.07) is 5.35. The molecule has 1 aromatic carbocycles. The molecule has 0 spiro atoms. The number of aromatic nitrogens is 2. The number of nitrogens with zero attached hydrogens (tertiary/aromatic N) is 3. The van der Waals surface area contributed by atoms with Crippen LogP contribution in [0.4, 0.5) is 0 Å². The largest absolute Gasteiger partial charge is 0.409 e. The second-order valence-electron chi connectivity index (χ2n) is 4.86. The molecule has 3 N–H and O–H groups in total. The lowest BCUT2D eigenvalue weighted by atomic mass is 10.1. The molecule has 0 unspecified atom stereocenters. The molecular formula is C14H17ClN4O. The maximum atomic E-state index is 8.66. The van der Waals surface area contributed by atoms with E-state index in [4.69, 9.17) is 22.5 Å². The van der Waals surface area contributed by atoms with E-state index in [0.717, 1.165) is 11.4 Å². The highest BCUT2D eigenvalue weighted by atomic mass is 35.5. The van der Waals surface area contributed by atoms with Gasteiger partial charge in [-0.2, -0.15) is 0 Å². The monoisotopic (exact) mass is 292 g/mol. The number of benzene rings is 1. The summed E-state index contributed by atoms with van der Waals surface area (Å²) in [5, 5.41) is 12.2. The molecular weight excluding hydrogens is 276 g/mol. The van der Waals surface area contributed by atoms with Crippen LogP contribution in [0, 0.1) is 0 Å². The van der Waals surface area contributed by atoms with E-state index in [2.05, 4.69) is 28.6 Å². The van der Waals surface area contributed by atoms with E-state index in [1.807, 2.05) is 12.3 Å². The van der Waals surface area contributed by atoms with Crippen molar-refractivity contribution in [3.63, 3.8) is 0 Å². The van der Waals surface area contributed by atoms with Crippen molar-refractivity contribution in [3.8, 4) is 0 Å². The molecule has 0 aliphatic carbocycles. The van der Waals surface area contributed by atoms with Gasteiger partial charge in [0.25, 0.3) is 0 Å². The van der Waals surface area contributed by atoms with Gasteiger partial charge in [0, 0.05) is 28.9 Å². The van der Waals surface area contributed by atoms with Crippen molar-refractivity contribution in [2.24, 2.45) is 10.9 Å². The third-order valence-corrected chi connectivity index (χ3v) is 3.41. The molecule has 1 heterocycles. The summed E-state index contributed by atoms with van der Waals surface area (Å²) in [6.07, 6.45) is 3.72. The Bertz CT molecular complexity index is 634. The molecule has 5 nitrogen and oxygen atoms in total. The van der Waals surface area contributed by atoms with Gasteiger partial charge in [0.2, 0.25) is 0 Å². The number of rotatable bonds is 4. The SMILES string of the molecule is CC(C)c1nccn1Cc1ccc(/C(N)=N/O)cc1Cl. The van der Waals surface area contributed by atoms with Crippen LogP contribution in [-0.4, -0.2) is 20.6 Å². The number of oxime groups is 1. The molecule has 6 heteroatoms. The zero-order chi connectivity index (χ0) is 14.7. The van der Waals surface area contributed by atoms with Crippen molar-refractivity contribution in [2.45, 2.75) is 26.3 Å². The molecule has 0 bridgehead atoms. The minimum absolute atomic E-state index is 0.0453. The van der Waals surface area contributed by atoms with Gasteiger partial charge < -0.3 is 15.5 Å². The Hall–Kier alpha value is -2.01. The number of amidine groups is 1. The van der Waals surface area contributed by atoms with Gasteiger partial charge in [-0.1, -0.05) is 42.7 Å². The summed E-state index contributed by atoms with van der Waals surface area (Å²) < 4.78 is 2.06. The van der Waals surface area contributed by atoms with Crippen LogP contribution in [0.15, 0.2) is 35.7 Å². The molecule has 0 amide bonds. The minimum Gasteiger partial charge on any atom is -0.409 e. The summed E-state index contributed by atoms with van der Waals surface area (Å²) >= 11 is 6.25. The first kappa shape index (κ1) is 14.4. The summed E-state index contributed by atoms with van der Waals surface area (Å²) in [4.78, 5) is 4.35. The molecule has 2 rings (SSSR count). The van der Waals surface area contributed by atoms with E-state index in [1.165, 1.54) is 0 Å². The Kier molecular flexibility index (Phi) is 4.29. The van der Waals surface area contributed by atoms with Gasteiger partial charge in [0.05, 0.1) is 6.54 Å². The van der Waals surface area contributed by atoms with Crippen molar-refractivity contribution in [2.75, 3.05) is 0 Å². The summed E-state index contributed by atoms with van der Waals surface area (Å²) in [5.74, 6) is 1.41. The predicted molar refractivity (Wildman–Crippen MR) is 79.4 cm³/mol. The third kappa shape index (κ3) is 2.93. The molecule has 2 aromatic rings. The topological polar surface area (TPSA) is 76.4 Å². The van der Waals surface area contributed by atoms with Gasteiger partial charge in [0.15, 0.2) is 5.84 Å². The number of hydrogen-bond acceptors (Lipinski definition) is 3. The van der Waals surface area contributed by atoms with Gasteiger partial charge in [-0.05, 0) is 11.6 Å². The van der Waals surface area contributed by atoms with E-state index in [0.29, 0.717) is 23.0 Å². The number of nitrogens with two attached hydrogens (primary N) is 1. The average Bonchev–Trinajstić information content (AvgIpc) is 2.88. The Balaban J connectivity index is 2.28. The lowest BCUT2D eigenvalue weighted by Gasteiger charge is -2.12. The van der Waals surface area contributed by atoms with Crippen LogP contribution in [0.25, 0.3) is 0 Å². The standard InChI is InChI=1S/C14H17ClN4O/c1-9(2)14-17-5-6-19(14)8-11-4-3-10(7-12(11)15)13(16)18-20/h3-7,9,20H,8H2,1-2H3,(H2,16,18). The van der Waals surface area contributed by atoms with Gasteiger partial charge in [-0.25, -0.2) is 4.98 Å². The van der Waals surface area contributed by atoms with Crippen molar-refractivity contribution >= 4 is 17.4 Å². The smallest absolute Gasteiger partial charge is 0.170 e. The second-order valence-corrected chi connectivity index (χ2v) is 5.27. The molecule has 0 saturated carbocycles. The lowest BCUT2D eigenvalue weighted by Crippen LogP contribution is -2.13. The maximum Gasteiger partial charge on any atom is 0.170 e. The van der Waals surface area contributed by atoms with E-state index in [9.17, 15) is 0 Å². The van der Waals surface area contributed by atoms with Gasteiger partial charge in [-0.15, -0.1) is 0 Å². The molecule has 106 valence electrons. The fourth-order valence-electron chi connectivity index (χ4n) is 2.03. The van der Waals surface area contributed by atoms with Gasteiger partial charge >= 0.3 is 0 Å². The third-order valence-electron chi connectivity index (χ3n) is 3.06. The van der Waals surface area contributed by atoms with Crippen LogP contribution in [0.3, 0.4) is 0 Å². The molecule has 20 heavy (non-hydrogen) atoms. The molecule has 0 fully saturated rings. The normalized spacial score (nSPS) is 12.1. The van der Waals surface area contributed by atoms with Gasteiger partial charge in [0.1, 0.15) is 5.82 Å². The zero-order valence-corrected chi connectivity index (χ0v) is 12.2. The lowest BCUT2D eigenvalue weighted by molar-refractivity contribution is 0.318. The van der Waals surface area contributed by atoms with Crippen molar-refractivity contribution < 1.29 is 5.21 Å². The van der Waals surface area contributed by atoms with Crippen LogP contribution in [-0.2, 0) is 6.54 Å². The molecule has 0 atom stereocenters. The molecule has 0 aliphatic heterocycles. The van der Waals surface area contributed by atoms with Crippen LogP contribution < -0.4 is 5.73 Å². The fourth-order valence-corrected chi connectivity index (χ4v) is 2.27. The molecule has 0 saturated heterocycles. The van der Waals surface area contributed by atoms with E-state index in [1.54, 1.807) is 18.3 Å². The number of hydrogen-bond donors (Lipinski definition) is 2. The quantitative estimate of drug-likeness (QED) is 0.394. The van der Waals surface area contributed by atoms with Crippen LogP contribution >= 0.6 is 11.6 Å². The van der Waals surface area contributed by atoms with Crippen LogP contribution in [0.2, 0.25) is 5.02 Å². The van der Waals surface area contributed by atoms with E-state index < -0.39 is 0 Å². The first-order valence-corrected chi connectivity index (χ1v) is 6.68.